The fourth-order valence-electron chi connectivity index (χ4n) is 1.04. The predicted molar refractivity (Wildman–Crippen MR) is 64.6 cm³/mol. The summed E-state index contributed by atoms with van der Waals surface area (Å²) in [6, 6.07) is 1.91. The Labute approximate surface area is 91.7 Å². The Morgan fingerprint density at radius 2 is 2.07 bits per heavy atom. The molecule has 0 saturated heterocycles. The Bertz CT molecular complexity index is 435. The summed E-state index contributed by atoms with van der Waals surface area (Å²) >= 11 is 0. The van der Waals surface area contributed by atoms with Crippen molar-refractivity contribution in [1.82, 2.24) is 4.98 Å². The highest BCUT2D eigenvalue weighted by atomic mass is 28.3. The number of aldehydes is 1. The van der Waals surface area contributed by atoms with Gasteiger partial charge in [0.2, 0.25) is 0 Å². The summed E-state index contributed by atoms with van der Waals surface area (Å²) in [5, 5.41) is 0. The number of aromatic nitrogens is 1. The third kappa shape index (κ3) is 3.68. The maximum Gasteiger partial charge on any atom is 0.168 e. The Balaban J connectivity index is 3.02. The standard InChI is InChI=1S/C12H15NOSi/c1-10-7-11(5-6-15(2,3)4)8-13-12(10)9-14/h7-9H,1-4H3. The molecular weight excluding hydrogens is 202 g/mol. The number of hydrogen-bond donors (Lipinski definition) is 0. The monoisotopic (exact) mass is 217 g/mol. The van der Waals surface area contributed by atoms with Crippen LogP contribution in [0.25, 0.3) is 0 Å². The first-order chi connectivity index (χ1) is 6.92. The summed E-state index contributed by atoms with van der Waals surface area (Å²) < 4.78 is 0. The molecule has 0 unspecified atom stereocenters. The van der Waals surface area contributed by atoms with Crippen molar-refractivity contribution >= 4 is 14.4 Å². The summed E-state index contributed by atoms with van der Waals surface area (Å²) in [7, 11) is -1.34. The molecule has 0 bridgehead atoms. The number of nitrogens with zero attached hydrogens (tertiary/aromatic N) is 1. The lowest BCUT2D eigenvalue weighted by molar-refractivity contribution is 0.111. The van der Waals surface area contributed by atoms with Crippen LogP contribution in [0.5, 0.6) is 0 Å². The van der Waals surface area contributed by atoms with Gasteiger partial charge < -0.3 is 0 Å². The zero-order valence-corrected chi connectivity index (χ0v) is 10.6. The third-order valence-corrected chi connectivity index (χ3v) is 2.69. The largest absolute Gasteiger partial charge is 0.296 e. The number of aryl methyl sites for hydroxylation is 1. The summed E-state index contributed by atoms with van der Waals surface area (Å²) in [5.41, 5.74) is 5.53. The average molecular weight is 217 g/mol. The zero-order chi connectivity index (χ0) is 11.5. The fourth-order valence-corrected chi connectivity index (χ4v) is 1.56. The number of pyridine rings is 1. The molecule has 3 heteroatoms. The van der Waals surface area contributed by atoms with Gasteiger partial charge in [-0.3, -0.25) is 9.78 Å². The molecule has 0 amide bonds. The van der Waals surface area contributed by atoms with E-state index in [2.05, 4.69) is 36.1 Å². The van der Waals surface area contributed by atoms with Gasteiger partial charge in [0.1, 0.15) is 13.8 Å². The van der Waals surface area contributed by atoms with E-state index in [-0.39, 0.29) is 0 Å². The number of carbonyl (C=O) groups is 1. The summed E-state index contributed by atoms with van der Waals surface area (Å²) in [6.45, 7) is 8.46. The zero-order valence-electron chi connectivity index (χ0n) is 9.59. The van der Waals surface area contributed by atoms with Gasteiger partial charge in [-0.15, -0.1) is 5.54 Å². The quantitative estimate of drug-likeness (QED) is 0.411. The Morgan fingerprint density at radius 3 is 2.53 bits per heavy atom. The van der Waals surface area contributed by atoms with Crippen molar-refractivity contribution in [3.8, 4) is 11.5 Å². The average Bonchev–Trinajstić information content (AvgIpc) is 2.14. The maximum absolute atomic E-state index is 10.6. The lowest BCUT2D eigenvalue weighted by atomic mass is 10.2. The second-order valence-corrected chi connectivity index (χ2v) is 9.29. The highest BCUT2D eigenvalue weighted by Gasteiger charge is 2.07. The van der Waals surface area contributed by atoms with Gasteiger partial charge in [0, 0.05) is 11.8 Å². The van der Waals surface area contributed by atoms with Gasteiger partial charge in [-0.25, -0.2) is 0 Å². The molecule has 0 N–H and O–H groups in total. The molecule has 0 aliphatic carbocycles. The smallest absolute Gasteiger partial charge is 0.168 e. The van der Waals surface area contributed by atoms with Crippen molar-refractivity contribution in [2.24, 2.45) is 0 Å². The van der Waals surface area contributed by atoms with Crippen LogP contribution in [0, 0.1) is 18.4 Å². The SMILES string of the molecule is Cc1cc(C#C[Si](C)(C)C)cnc1C=O. The molecule has 1 heterocycles. The topological polar surface area (TPSA) is 30.0 Å². The van der Waals surface area contributed by atoms with E-state index in [1.165, 1.54) is 0 Å². The van der Waals surface area contributed by atoms with Gasteiger partial charge in [-0.05, 0) is 18.6 Å². The van der Waals surface area contributed by atoms with Crippen molar-refractivity contribution in [2.75, 3.05) is 0 Å². The summed E-state index contributed by atoms with van der Waals surface area (Å²) in [4.78, 5) is 14.6. The number of rotatable bonds is 1. The summed E-state index contributed by atoms with van der Waals surface area (Å²) in [6.07, 6.45) is 2.43. The van der Waals surface area contributed by atoms with Crippen LogP contribution in [-0.2, 0) is 0 Å². The van der Waals surface area contributed by atoms with E-state index in [1.807, 2.05) is 13.0 Å². The second-order valence-electron chi connectivity index (χ2n) is 4.54. The van der Waals surface area contributed by atoms with Gasteiger partial charge >= 0.3 is 0 Å². The molecule has 1 aromatic heterocycles. The van der Waals surface area contributed by atoms with Gasteiger partial charge in [0.05, 0.1) is 0 Å². The first kappa shape index (κ1) is 11.7. The number of carbonyl (C=O) groups excluding carboxylic acids is 1. The van der Waals surface area contributed by atoms with Crippen molar-refractivity contribution < 1.29 is 4.79 Å². The van der Waals surface area contributed by atoms with E-state index < -0.39 is 8.07 Å². The van der Waals surface area contributed by atoms with Gasteiger partial charge in [-0.1, -0.05) is 25.6 Å². The second kappa shape index (κ2) is 4.41. The third-order valence-electron chi connectivity index (χ3n) is 1.81. The van der Waals surface area contributed by atoms with E-state index in [4.69, 9.17) is 0 Å². The molecule has 0 aliphatic rings. The molecule has 2 nitrogen and oxygen atoms in total. The van der Waals surface area contributed by atoms with E-state index in [0.717, 1.165) is 17.4 Å². The Hall–Kier alpha value is -1.40. The van der Waals surface area contributed by atoms with Crippen molar-refractivity contribution in [1.29, 1.82) is 0 Å². The normalized spacial score (nSPS) is 10.4. The molecule has 0 fully saturated rings. The molecule has 1 aromatic rings. The van der Waals surface area contributed by atoms with Gasteiger partial charge in [0.15, 0.2) is 6.29 Å². The van der Waals surface area contributed by atoms with Gasteiger partial charge in [0.25, 0.3) is 0 Å². The van der Waals surface area contributed by atoms with Crippen molar-refractivity contribution in [3.05, 3.63) is 29.1 Å². The van der Waals surface area contributed by atoms with Crippen LogP contribution in [0.3, 0.4) is 0 Å². The molecule has 0 atom stereocenters. The molecule has 1 rings (SSSR count). The molecule has 0 aliphatic heterocycles. The molecule has 0 aromatic carbocycles. The first-order valence-electron chi connectivity index (χ1n) is 4.87. The van der Waals surface area contributed by atoms with E-state index in [1.54, 1.807) is 6.20 Å². The van der Waals surface area contributed by atoms with E-state index >= 15 is 0 Å². The van der Waals surface area contributed by atoms with E-state index in [9.17, 15) is 4.79 Å². The Morgan fingerprint density at radius 1 is 1.40 bits per heavy atom. The van der Waals surface area contributed by atoms with Crippen LogP contribution < -0.4 is 0 Å². The summed E-state index contributed by atoms with van der Waals surface area (Å²) in [5.74, 6) is 3.11. The minimum Gasteiger partial charge on any atom is -0.296 e. The minimum absolute atomic E-state index is 0.494. The molecule has 15 heavy (non-hydrogen) atoms. The lowest BCUT2D eigenvalue weighted by Gasteiger charge is -2.03. The highest BCUT2D eigenvalue weighted by molar-refractivity contribution is 6.83. The highest BCUT2D eigenvalue weighted by Crippen LogP contribution is 2.05. The van der Waals surface area contributed by atoms with Crippen LogP contribution in [0.1, 0.15) is 21.6 Å². The van der Waals surface area contributed by atoms with Crippen molar-refractivity contribution in [2.45, 2.75) is 26.6 Å². The molecule has 0 radical (unpaired) electrons. The molecule has 0 saturated carbocycles. The van der Waals surface area contributed by atoms with E-state index in [0.29, 0.717) is 5.69 Å². The van der Waals surface area contributed by atoms with Crippen molar-refractivity contribution in [3.63, 3.8) is 0 Å². The van der Waals surface area contributed by atoms with Crippen LogP contribution in [0.2, 0.25) is 19.6 Å². The fraction of sp³-hybridized carbons (Fsp3) is 0.333. The minimum atomic E-state index is -1.34. The van der Waals surface area contributed by atoms with Crippen LogP contribution >= 0.6 is 0 Å². The molecular formula is C12H15NOSi. The number of hydrogen-bond acceptors (Lipinski definition) is 2. The predicted octanol–water partition coefficient (Wildman–Crippen LogP) is 2.43. The first-order valence-corrected chi connectivity index (χ1v) is 8.37. The van der Waals surface area contributed by atoms with Gasteiger partial charge in [-0.2, -0.15) is 0 Å². The maximum atomic E-state index is 10.6. The molecule has 0 spiro atoms. The Kier molecular flexibility index (Phi) is 3.43. The lowest BCUT2D eigenvalue weighted by Crippen LogP contribution is -2.16. The molecule has 78 valence electrons. The van der Waals surface area contributed by atoms with Crippen LogP contribution in [0.4, 0.5) is 0 Å². The van der Waals surface area contributed by atoms with Crippen LogP contribution in [-0.4, -0.2) is 19.3 Å². The van der Waals surface area contributed by atoms with Crippen LogP contribution in [0.15, 0.2) is 12.3 Å².